The van der Waals surface area contributed by atoms with Crippen molar-refractivity contribution < 1.29 is 14.1 Å². The third kappa shape index (κ3) is 4.90. The molecule has 1 rings (SSSR count). The van der Waals surface area contributed by atoms with Crippen LogP contribution in [0.5, 0.6) is 0 Å². The van der Waals surface area contributed by atoms with Gasteiger partial charge in [0.25, 0.3) is 0 Å². The molecule has 0 fully saturated rings. The van der Waals surface area contributed by atoms with Gasteiger partial charge in [0.1, 0.15) is 0 Å². The highest BCUT2D eigenvalue weighted by Gasteiger charge is 2.17. The van der Waals surface area contributed by atoms with E-state index in [0.29, 0.717) is 0 Å². The molecule has 94 valence electrons. The number of rotatable bonds is 8. The standard InChI is InChI=1S/C13H21BO3/c1-15-13(16-2)10-7-11-14(17-3)12-8-5-4-6-9-12/h4-6,8-9,13H,7,10-11H2,1-3H3. The Hall–Kier alpha value is -0.835. The fourth-order valence-electron chi connectivity index (χ4n) is 1.89. The molecule has 0 saturated heterocycles. The van der Waals surface area contributed by atoms with Crippen molar-refractivity contribution in [3.8, 4) is 0 Å². The van der Waals surface area contributed by atoms with E-state index < -0.39 is 0 Å². The summed E-state index contributed by atoms with van der Waals surface area (Å²) in [4.78, 5) is 0. The summed E-state index contributed by atoms with van der Waals surface area (Å²) in [6.07, 6.45) is 2.77. The van der Waals surface area contributed by atoms with Crippen molar-refractivity contribution in [3.05, 3.63) is 30.3 Å². The van der Waals surface area contributed by atoms with Crippen LogP contribution in [0.1, 0.15) is 12.8 Å². The van der Waals surface area contributed by atoms with Gasteiger partial charge >= 0.3 is 6.92 Å². The minimum absolute atomic E-state index is 0.108. The summed E-state index contributed by atoms with van der Waals surface area (Å²) in [5, 5.41) is 0. The highest BCUT2D eigenvalue weighted by Crippen LogP contribution is 2.08. The van der Waals surface area contributed by atoms with Crippen LogP contribution in [0.25, 0.3) is 0 Å². The molecule has 1 aromatic carbocycles. The van der Waals surface area contributed by atoms with Gasteiger partial charge in [-0.25, -0.2) is 0 Å². The van der Waals surface area contributed by atoms with Crippen molar-refractivity contribution in [2.75, 3.05) is 21.3 Å². The van der Waals surface area contributed by atoms with Crippen molar-refractivity contribution in [1.29, 1.82) is 0 Å². The fraction of sp³-hybridized carbons (Fsp3) is 0.538. The SMILES string of the molecule is COB(CCCC(OC)OC)c1ccccc1. The van der Waals surface area contributed by atoms with Crippen molar-refractivity contribution in [2.24, 2.45) is 0 Å². The molecule has 0 atom stereocenters. The highest BCUT2D eigenvalue weighted by atomic mass is 16.7. The average Bonchev–Trinajstić information content (AvgIpc) is 2.40. The van der Waals surface area contributed by atoms with Gasteiger partial charge in [-0.1, -0.05) is 36.8 Å². The number of ether oxygens (including phenoxy) is 2. The minimum atomic E-state index is -0.108. The molecule has 4 heteroatoms. The molecule has 0 aliphatic carbocycles. The second-order valence-corrected chi connectivity index (χ2v) is 3.97. The van der Waals surface area contributed by atoms with Crippen molar-refractivity contribution in [2.45, 2.75) is 25.5 Å². The van der Waals surface area contributed by atoms with Gasteiger partial charge < -0.3 is 14.1 Å². The molecular formula is C13H21BO3. The number of hydrogen-bond donors (Lipinski definition) is 0. The Morgan fingerprint density at radius 1 is 1.06 bits per heavy atom. The van der Waals surface area contributed by atoms with Crippen LogP contribution in [-0.2, 0) is 14.1 Å². The van der Waals surface area contributed by atoms with Crippen molar-refractivity contribution in [3.63, 3.8) is 0 Å². The topological polar surface area (TPSA) is 27.7 Å². The fourth-order valence-corrected chi connectivity index (χ4v) is 1.89. The molecule has 0 unspecified atom stereocenters. The first-order valence-corrected chi connectivity index (χ1v) is 5.95. The molecule has 0 bridgehead atoms. The largest absolute Gasteiger partial charge is 0.433 e. The summed E-state index contributed by atoms with van der Waals surface area (Å²) >= 11 is 0. The Morgan fingerprint density at radius 3 is 2.24 bits per heavy atom. The molecular weight excluding hydrogens is 215 g/mol. The van der Waals surface area contributed by atoms with Crippen LogP contribution in [0.2, 0.25) is 6.32 Å². The Balaban J connectivity index is 2.38. The van der Waals surface area contributed by atoms with Crippen LogP contribution in [-0.4, -0.2) is 34.5 Å². The van der Waals surface area contributed by atoms with Crippen LogP contribution in [0.3, 0.4) is 0 Å². The van der Waals surface area contributed by atoms with E-state index in [0.717, 1.165) is 19.2 Å². The van der Waals surface area contributed by atoms with E-state index in [1.54, 1.807) is 21.3 Å². The summed E-state index contributed by atoms with van der Waals surface area (Å²) in [5.74, 6) is 0. The zero-order valence-electron chi connectivity index (χ0n) is 10.9. The van der Waals surface area contributed by atoms with Gasteiger partial charge in [0, 0.05) is 21.3 Å². The van der Waals surface area contributed by atoms with Crippen molar-refractivity contribution >= 4 is 12.4 Å². The van der Waals surface area contributed by atoms with Crippen LogP contribution in [0, 0.1) is 0 Å². The van der Waals surface area contributed by atoms with E-state index in [1.807, 2.05) is 18.2 Å². The number of hydrogen-bond acceptors (Lipinski definition) is 3. The molecule has 0 saturated carbocycles. The van der Waals surface area contributed by atoms with Gasteiger partial charge in [0.2, 0.25) is 0 Å². The van der Waals surface area contributed by atoms with Gasteiger partial charge in [0.15, 0.2) is 6.29 Å². The lowest BCUT2D eigenvalue weighted by Crippen LogP contribution is -2.32. The van der Waals surface area contributed by atoms with Gasteiger partial charge in [-0.05, 0) is 18.2 Å². The lowest BCUT2D eigenvalue weighted by Gasteiger charge is -2.15. The summed E-state index contributed by atoms with van der Waals surface area (Å²) in [5.41, 5.74) is 1.22. The molecule has 0 spiro atoms. The summed E-state index contributed by atoms with van der Waals surface area (Å²) in [6, 6.07) is 10.3. The first-order valence-electron chi connectivity index (χ1n) is 5.95. The Labute approximate surface area is 104 Å². The molecule has 0 radical (unpaired) electrons. The van der Waals surface area contributed by atoms with Crippen LogP contribution in [0.4, 0.5) is 0 Å². The van der Waals surface area contributed by atoms with E-state index in [9.17, 15) is 0 Å². The van der Waals surface area contributed by atoms with Crippen LogP contribution >= 0.6 is 0 Å². The maximum Gasteiger partial charge on any atom is 0.326 e. The smallest absolute Gasteiger partial charge is 0.326 e. The maximum absolute atomic E-state index is 5.50. The highest BCUT2D eigenvalue weighted by molar-refractivity contribution is 6.67. The average molecular weight is 236 g/mol. The number of methoxy groups -OCH3 is 2. The summed E-state index contributed by atoms with van der Waals surface area (Å²) in [6.45, 7) is 0.158. The molecule has 17 heavy (non-hydrogen) atoms. The van der Waals surface area contributed by atoms with E-state index in [2.05, 4.69) is 12.1 Å². The van der Waals surface area contributed by atoms with E-state index in [-0.39, 0.29) is 13.2 Å². The predicted molar refractivity (Wildman–Crippen MR) is 70.7 cm³/mol. The number of benzene rings is 1. The van der Waals surface area contributed by atoms with E-state index >= 15 is 0 Å². The molecule has 0 amide bonds. The Kier molecular flexibility index (Phi) is 6.93. The molecule has 0 aromatic heterocycles. The maximum atomic E-state index is 5.50. The quantitative estimate of drug-likeness (QED) is 0.510. The second-order valence-electron chi connectivity index (χ2n) is 3.97. The molecule has 0 N–H and O–H groups in total. The monoisotopic (exact) mass is 236 g/mol. The molecule has 1 aromatic rings. The predicted octanol–water partition coefficient (Wildman–Crippen LogP) is 1.93. The van der Waals surface area contributed by atoms with Gasteiger partial charge in [-0.15, -0.1) is 0 Å². The second kappa shape index (κ2) is 8.28. The molecule has 0 heterocycles. The summed E-state index contributed by atoms with van der Waals surface area (Å²) in [7, 11) is 5.08. The third-order valence-corrected chi connectivity index (χ3v) is 2.89. The van der Waals surface area contributed by atoms with Gasteiger partial charge in [-0.2, -0.15) is 0 Å². The first kappa shape index (κ1) is 14.2. The first-order chi connectivity index (χ1) is 8.31. The zero-order valence-corrected chi connectivity index (χ0v) is 10.9. The molecule has 0 aliphatic rings. The van der Waals surface area contributed by atoms with Crippen LogP contribution in [0.15, 0.2) is 30.3 Å². The third-order valence-electron chi connectivity index (χ3n) is 2.89. The van der Waals surface area contributed by atoms with E-state index in [4.69, 9.17) is 14.1 Å². The van der Waals surface area contributed by atoms with E-state index in [1.165, 1.54) is 5.46 Å². The van der Waals surface area contributed by atoms with Gasteiger partial charge in [0.05, 0.1) is 0 Å². The lowest BCUT2D eigenvalue weighted by molar-refractivity contribution is -0.106. The van der Waals surface area contributed by atoms with Crippen molar-refractivity contribution in [1.82, 2.24) is 0 Å². The van der Waals surface area contributed by atoms with Gasteiger partial charge in [-0.3, -0.25) is 0 Å². The zero-order chi connectivity index (χ0) is 12.5. The molecule has 0 aliphatic heterocycles. The Bertz CT molecular complexity index is 288. The normalized spacial score (nSPS) is 10.8. The Morgan fingerprint density at radius 2 is 1.71 bits per heavy atom. The van der Waals surface area contributed by atoms with Crippen LogP contribution < -0.4 is 5.46 Å². The lowest BCUT2D eigenvalue weighted by atomic mass is 9.57. The molecule has 3 nitrogen and oxygen atoms in total. The summed E-state index contributed by atoms with van der Waals surface area (Å²) < 4.78 is 15.8. The minimum Gasteiger partial charge on any atom is -0.433 e.